The van der Waals surface area contributed by atoms with Crippen molar-refractivity contribution in [1.82, 2.24) is 0 Å². The molecule has 0 unspecified atom stereocenters. The predicted octanol–water partition coefficient (Wildman–Crippen LogP) is 7.82. The number of nitrogens with zero attached hydrogens (tertiary/aromatic N) is 2. The third-order valence-electron chi connectivity index (χ3n) is 12.1. The van der Waals surface area contributed by atoms with Gasteiger partial charge in [-0.3, -0.25) is 0 Å². The van der Waals surface area contributed by atoms with E-state index in [9.17, 15) is 0 Å². The molecule has 0 amide bonds. The summed E-state index contributed by atoms with van der Waals surface area (Å²) in [5.74, 6) is 3.02. The minimum Gasteiger partial charge on any atom is -0.311 e. The Labute approximate surface area is 261 Å². The van der Waals surface area contributed by atoms with Crippen LogP contribution in [0.3, 0.4) is 0 Å². The normalized spacial score (nSPS) is 29.6. The van der Waals surface area contributed by atoms with Crippen molar-refractivity contribution in [2.24, 2.45) is 23.7 Å². The number of fused-ring (bicyclic) bond motifs is 6. The summed E-state index contributed by atoms with van der Waals surface area (Å²) < 4.78 is 43.4. The highest BCUT2D eigenvalue weighted by atomic mass is 15.2. The molecule has 1 spiro atoms. The van der Waals surface area contributed by atoms with Crippen LogP contribution in [0.4, 0.5) is 34.1 Å². The fraction of sp³-hybridized carbons (Fsp3) is 0.250. The zero-order valence-corrected chi connectivity index (χ0v) is 23.9. The molecular weight excluding hydrogens is 519 g/mol. The van der Waals surface area contributed by atoms with E-state index in [0.29, 0.717) is 11.8 Å². The molecule has 0 radical (unpaired) electrons. The molecular formula is C40H33BN2. The van der Waals surface area contributed by atoms with E-state index in [1.54, 1.807) is 0 Å². The maximum atomic E-state index is 9.01. The van der Waals surface area contributed by atoms with Crippen LogP contribution >= 0.6 is 0 Å². The van der Waals surface area contributed by atoms with Gasteiger partial charge in [0.1, 0.15) is 0 Å². The van der Waals surface area contributed by atoms with Gasteiger partial charge in [0.25, 0.3) is 6.71 Å². The highest BCUT2D eigenvalue weighted by Crippen LogP contribution is 2.69. The Balaban J connectivity index is 1.23. The molecule has 4 aliphatic carbocycles. The van der Waals surface area contributed by atoms with Crippen molar-refractivity contribution in [3.05, 3.63) is 126 Å². The number of benzene rings is 5. The van der Waals surface area contributed by atoms with Crippen molar-refractivity contribution in [3.8, 4) is 0 Å². The second kappa shape index (κ2) is 8.02. The van der Waals surface area contributed by atoms with E-state index < -0.39 is 0 Å². The van der Waals surface area contributed by atoms with Gasteiger partial charge in [-0.1, -0.05) is 78.8 Å². The molecule has 43 heavy (non-hydrogen) atoms. The van der Waals surface area contributed by atoms with Crippen LogP contribution in [0, 0.1) is 23.7 Å². The molecule has 4 fully saturated rings. The summed E-state index contributed by atoms with van der Waals surface area (Å²) in [5.41, 5.74) is 12.1. The SMILES string of the molecule is [2H]c1c([2H])c([2H])c(N2c3ccccc3B3c4cccc5c4N(c4ccccc4C54C5CC6CC(C5)CC4C6)c4cccc2c43)c([2H])c1[2H]. The largest absolute Gasteiger partial charge is 0.311 e. The van der Waals surface area contributed by atoms with Gasteiger partial charge in [-0.25, -0.2) is 0 Å². The Morgan fingerprint density at radius 1 is 0.581 bits per heavy atom. The van der Waals surface area contributed by atoms with Gasteiger partial charge in [-0.15, -0.1) is 0 Å². The average molecular weight is 558 g/mol. The first kappa shape index (κ1) is 19.1. The molecule has 0 N–H and O–H groups in total. The van der Waals surface area contributed by atoms with Gasteiger partial charge >= 0.3 is 0 Å². The third kappa shape index (κ3) is 2.70. The van der Waals surface area contributed by atoms with E-state index in [-0.39, 0.29) is 48.0 Å². The quantitative estimate of drug-likeness (QED) is 0.190. The maximum Gasteiger partial charge on any atom is 0.252 e. The number of rotatable bonds is 1. The van der Waals surface area contributed by atoms with E-state index in [0.717, 1.165) is 39.8 Å². The zero-order valence-electron chi connectivity index (χ0n) is 28.9. The monoisotopic (exact) mass is 557 g/mol. The maximum absolute atomic E-state index is 9.01. The Kier molecular flexibility index (Phi) is 3.57. The molecule has 3 heterocycles. The van der Waals surface area contributed by atoms with Gasteiger partial charge in [0, 0.05) is 33.9 Å². The molecule has 4 bridgehead atoms. The lowest BCUT2D eigenvalue weighted by molar-refractivity contribution is -0.0419. The van der Waals surface area contributed by atoms with Crippen LogP contribution < -0.4 is 26.2 Å². The van der Waals surface area contributed by atoms with E-state index in [4.69, 9.17) is 6.85 Å². The summed E-state index contributed by atoms with van der Waals surface area (Å²) in [6.07, 6.45) is 6.72. The lowest BCUT2D eigenvalue weighted by Crippen LogP contribution is -2.64. The molecule has 2 nitrogen and oxygen atoms in total. The molecule has 3 aliphatic heterocycles. The first-order chi connectivity index (χ1) is 23.4. The summed E-state index contributed by atoms with van der Waals surface area (Å²) in [6.45, 7) is -0.0567. The van der Waals surface area contributed by atoms with E-state index in [2.05, 4.69) is 77.7 Å². The molecule has 4 saturated carbocycles. The first-order valence-electron chi connectivity index (χ1n) is 18.5. The lowest BCUT2D eigenvalue weighted by atomic mass is 9.32. The van der Waals surface area contributed by atoms with Gasteiger partial charge in [-0.2, -0.15) is 0 Å². The fourth-order valence-electron chi connectivity index (χ4n) is 11.1. The molecule has 0 aromatic heterocycles. The van der Waals surface area contributed by atoms with Crippen LogP contribution in [0.2, 0.25) is 0 Å². The van der Waals surface area contributed by atoms with Crippen molar-refractivity contribution in [1.29, 1.82) is 0 Å². The van der Waals surface area contributed by atoms with E-state index in [1.807, 2.05) is 17.0 Å². The predicted molar refractivity (Wildman–Crippen MR) is 178 cm³/mol. The van der Waals surface area contributed by atoms with Crippen LogP contribution in [-0.4, -0.2) is 6.71 Å². The van der Waals surface area contributed by atoms with Gasteiger partial charge in [0.05, 0.1) is 12.5 Å². The second-order valence-electron chi connectivity index (χ2n) is 13.8. The third-order valence-corrected chi connectivity index (χ3v) is 12.1. The topological polar surface area (TPSA) is 6.48 Å². The summed E-state index contributed by atoms with van der Waals surface area (Å²) >= 11 is 0. The number of hydrogen-bond acceptors (Lipinski definition) is 2. The standard InChI is InChI=1S/C40H33BN2/c1-2-10-29(11-3-1)42-35-17-7-5-14-32(35)41-33-15-8-13-31-39(33)43(37-19-9-18-36(42)38(37)41)34-16-6-4-12-30(34)40(31)27-21-25-20-26(23-27)24-28(40)22-25/h1-19,25-28H,20-24H2/i1D,2D,3D,10D,11D. The number of hydrogen-bond donors (Lipinski definition) is 0. The van der Waals surface area contributed by atoms with Crippen molar-refractivity contribution in [2.45, 2.75) is 37.5 Å². The van der Waals surface area contributed by atoms with Crippen LogP contribution in [0.25, 0.3) is 0 Å². The molecule has 0 saturated heterocycles. The van der Waals surface area contributed by atoms with Crippen LogP contribution in [0.1, 0.15) is 50.1 Å². The van der Waals surface area contributed by atoms with E-state index >= 15 is 0 Å². The lowest BCUT2D eigenvalue weighted by Gasteiger charge is -2.64. The van der Waals surface area contributed by atoms with Crippen molar-refractivity contribution < 1.29 is 6.85 Å². The second-order valence-corrected chi connectivity index (χ2v) is 13.8. The van der Waals surface area contributed by atoms with Gasteiger partial charge in [0.2, 0.25) is 0 Å². The molecule has 7 aliphatic rings. The smallest absolute Gasteiger partial charge is 0.252 e. The van der Waals surface area contributed by atoms with Crippen molar-refractivity contribution in [3.63, 3.8) is 0 Å². The molecule has 5 aromatic carbocycles. The Hall–Kier alpha value is -4.24. The highest BCUT2D eigenvalue weighted by Gasteiger charge is 2.62. The molecule has 0 atom stereocenters. The Bertz CT molecular complexity index is 2210. The summed E-state index contributed by atoms with van der Waals surface area (Å²) in [6, 6.07) is 29.5. The minimum absolute atomic E-state index is 0.00842. The Morgan fingerprint density at radius 3 is 1.98 bits per heavy atom. The zero-order chi connectivity index (χ0) is 32.2. The molecule has 12 rings (SSSR count). The fourth-order valence-corrected chi connectivity index (χ4v) is 11.1. The highest BCUT2D eigenvalue weighted by molar-refractivity contribution is 7.00. The van der Waals surface area contributed by atoms with Gasteiger partial charge in [-0.05, 0) is 120 Å². The van der Waals surface area contributed by atoms with Crippen LogP contribution in [0.5, 0.6) is 0 Å². The van der Waals surface area contributed by atoms with Gasteiger partial charge in [0.15, 0.2) is 0 Å². The minimum atomic E-state index is -0.378. The van der Waals surface area contributed by atoms with Gasteiger partial charge < -0.3 is 9.80 Å². The molecule has 5 aromatic rings. The average Bonchev–Trinajstić information content (AvgIpc) is 3.11. The van der Waals surface area contributed by atoms with Crippen molar-refractivity contribution >= 4 is 57.2 Å². The summed E-state index contributed by atoms with van der Waals surface area (Å²) in [4.78, 5) is 4.44. The van der Waals surface area contributed by atoms with E-state index in [1.165, 1.54) is 60.1 Å². The Morgan fingerprint density at radius 2 is 1.19 bits per heavy atom. The molecule has 3 heteroatoms. The van der Waals surface area contributed by atoms with Crippen LogP contribution in [-0.2, 0) is 5.41 Å². The number of para-hydroxylation sites is 4. The molecule has 206 valence electrons. The number of anilines is 6. The van der Waals surface area contributed by atoms with Crippen LogP contribution in [0.15, 0.2) is 115 Å². The summed E-state index contributed by atoms with van der Waals surface area (Å²) in [5, 5.41) is 0. The van der Waals surface area contributed by atoms with Crippen molar-refractivity contribution in [2.75, 3.05) is 9.80 Å². The first-order valence-corrected chi connectivity index (χ1v) is 16.0. The summed E-state index contributed by atoms with van der Waals surface area (Å²) in [7, 11) is 0.